The van der Waals surface area contributed by atoms with Crippen molar-refractivity contribution in [3.05, 3.63) is 35.9 Å². The van der Waals surface area contributed by atoms with Gasteiger partial charge >= 0.3 is 6.61 Å². The maximum atomic E-state index is 12.2. The summed E-state index contributed by atoms with van der Waals surface area (Å²) < 4.78 is 33.6. The van der Waals surface area contributed by atoms with E-state index in [9.17, 15) is 13.6 Å². The molecule has 1 rings (SSSR count). The quantitative estimate of drug-likeness (QED) is 0.609. The van der Waals surface area contributed by atoms with Crippen molar-refractivity contribution < 1.29 is 23.0 Å². The van der Waals surface area contributed by atoms with Crippen molar-refractivity contribution in [1.82, 2.24) is 0 Å². The van der Waals surface area contributed by atoms with E-state index in [1.165, 1.54) is 25.3 Å². The molecule has 0 aliphatic rings. The second kappa shape index (κ2) is 6.48. The largest absolute Gasteiger partial charge is 0.493 e. The maximum Gasteiger partial charge on any atom is 0.387 e. The van der Waals surface area contributed by atoms with E-state index in [4.69, 9.17) is 15.9 Å². The van der Waals surface area contributed by atoms with Crippen LogP contribution in [0.15, 0.2) is 30.4 Å². The van der Waals surface area contributed by atoms with Crippen LogP contribution in [0, 0.1) is 5.41 Å². The summed E-state index contributed by atoms with van der Waals surface area (Å²) in [6.45, 7) is -3.00. The van der Waals surface area contributed by atoms with Gasteiger partial charge in [-0.1, -0.05) is 0 Å². The van der Waals surface area contributed by atoms with Crippen LogP contribution in [0.25, 0.3) is 0 Å². The van der Waals surface area contributed by atoms with Crippen LogP contribution in [-0.4, -0.2) is 25.3 Å². The monoisotopic (exact) mass is 270 g/mol. The molecule has 0 fully saturated rings. The maximum absolute atomic E-state index is 12.2. The smallest absolute Gasteiger partial charge is 0.387 e. The van der Waals surface area contributed by atoms with Crippen molar-refractivity contribution in [3.63, 3.8) is 0 Å². The highest BCUT2D eigenvalue weighted by molar-refractivity contribution is 6.09. The van der Waals surface area contributed by atoms with Crippen molar-refractivity contribution in [3.8, 4) is 11.5 Å². The van der Waals surface area contributed by atoms with Crippen molar-refractivity contribution >= 4 is 11.6 Å². The summed E-state index contributed by atoms with van der Waals surface area (Å²) >= 11 is 0. The zero-order chi connectivity index (χ0) is 14.4. The summed E-state index contributed by atoms with van der Waals surface area (Å²) in [6, 6.07) is 4.09. The van der Waals surface area contributed by atoms with E-state index in [0.717, 1.165) is 12.2 Å². The van der Waals surface area contributed by atoms with Crippen LogP contribution >= 0.6 is 0 Å². The molecule has 0 saturated carbocycles. The van der Waals surface area contributed by atoms with Gasteiger partial charge in [-0.15, -0.1) is 0 Å². The number of alkyl halides is 2. The molecule has 1 aromatic carbocycles. The number of ether oxygens (including phenoxy) is 2. The van der Waals surface area contributed by atoms with Crippen molar-refractivity contribution in [2.24, 2.45) is 5.73 Å². The predicted molar refractivity (Wildman–Crippen MR) is 64.8 cm³/mol. The lowest BCUT2D eigenvalue weighted by molar-refractivity contribution is -0.113. The van der Waals surface area contributed by atoms with E-state index in [1.54, 1.807) is 0 Å². The summed E-state index contributed by atoms with van der Waals surface area (Å²) in [5.74, 6) is -0.773. The third-order valence-electron chi connectivity index (χ3n) is 2.10. The number of allylic oxidation sites excluding steroid dienone is 1. The van der Waals surface area contributed by atoms with Gasteiger partial charge in [-0.2, -0.15) is 8.78 Å². The van der Waals surface area contributed by atoms with Gasteiger partial charge in [0, 0.05) is 11.6 Å². The average molecular weight is 270 g/mol. The summed E-state index contributed by atoms with van der Waals surface area (Å²) in [5, 5.41) is 7.65. The number of methoxy groups -OCH3 is 1. The number of rotatable bonds is 6. The first-order valence-electron chi connectivity index (χ1n) is 5.13. The summed E-state index contributed by atoms with van der Waals surface area (Å²) in [6.07, 6.45) is 2.16. The van der Waals surface area contributed by atoms with E-state index < -0.39 is 12.5 Å². The topological polar surface area (TPSA) is 85.4 Å². The lowest BCUT2D eigenvalue weighted by Gasteiger charge is -2.11. The lowest BCUT2D eigenvalue weighted by Crippen LogP contribution is -2.07. The Morgan fingerprint density at radius 2 is 2.05 bits per heavy atom. The molecule has 0 aliphatic heterocycles. The SMILES string of the molecule is COc1ccc(C(=N)/C=C\C(N)=O)cc1OC(F)F. The Morgan fingerprint density at radius 1 is 1.37 bits per heavy atom. The Bertz CT molecular complexity index is 516. The lowest BCUT2D eigenvalue weighted by atomic mass is 10.1. The minimum absolute atomic E-state index is 0.0689. The molecular formula is C12H12F2N2O3. The first kappa shape index (κ1) is 14.6. The average Bonchev–Trinajstić information content (AvgIpc) is 2.35. The number of primary amides is 1. The minimum atomic E-state index is -3.00. The van der Waals surface area contributed by atoms with Crippen molar-refractivity contribution in [2.75, 3.05) is 7.11 Å². The fraction of sp³-hybridized carbons (Fsp3) is 0.167. The molecule has 0 spiro atoms. The highest BCUT2D eigenvalue weighted by Gasteiger charge is 2.12. The Labute approximate surface area is 108 Å². The third kappa shape index (κ3) is 4.38. The van der Waals surface area contributed by atoms with Crippen LogP contribution in [0.5, 0.6) is 11.5 Å². The molecular weight excluding hydrogens is 258 g/mol. The second-order valence-electron chi connectivity index (χ2n) is 3.39. The number of hydrogen-bond acceptors (Lipinski definition) is 4. The molecule has 0 bridgehead atoms. The van der Waals surface area contributed by atoms with Crippen LogP contribution < -0.4 is 15.2 Å². The summed E-state index contributed by atoms with van der Waals surface area (Å²) in [5.41, 5.74) is 5.11. The number of halogens is 2. The molecule has 1 amide bonds. The van der Waals surface area contributed by atoms with E-state index in [-0.39, 0.29) is 22.8 Å². The van der Waals surface area contributed by atoms with Gasteiger partial charge in [-0.25, -0.2) is 0 Å². The van der Waals surface area contributed by atoms with Gasteiger partial charge in [-0.05, 0) is 24.3 Å². The van der Waals surface area contributed by atoms with E-state index in [1.807, 2.05) is 0 Å². The van der Waals surface area contributed by atoms with Crippen LogP contribution in [-0.2, 0) is 4.79 Å². The number of nitrogens with one attached hydrogen (secondary N) is 1. The molecule has 19 heavy (non-hydrogen) atoms. The highest BCUT2D eigenvalue weighted by atomic mass is 19.3. The number of amides is 1. The molecule has 0 unspecified atom stereocenters. The second-order valence-corrected chi connectivity index (χ2v) is 3.39. The van der Waals surface area contributed by atoms with E-state index >= 15 is 0 Å². The van der Waals surface area contributed by atoms with Crippen LogP contribution in [0.4, 0.5) is 8.78 Å². The van der Waals surface area contributed by atoms with Crippen LogP contribution in [0.1, 0.15) is 5.56 Å². The zero-order valence-electron chi connectivity index (χ0n) is 10.0. The Hall–Kier alpha value is -2.44. The molecule has 0 saturated heterocycles. The first-order chi connectivity index (χ1) is 8.93. The molecule has 102 valence electrons. The van der Waals surface area contributed by atoms with Gasteiger partial charge in [0.2, 0.25) is 5.91 Å². The number of nitrogens with two attached hydrogens (primary N) is 1. The number of carbonyl (C=O) groups excluding carboxylic acids is 1. The molecule has 0 radical (unpaired) electrons. The van der Waals surface area contributed by atoms with Gasteiger partial charge < -0.3 is 20.6 Å². The van der Waals surface area contributed by atoms with Crippen molar-refractivity contribution in [2.45, 2.75) is 6.61 Å². The van der Waals surface area contributed by atoms with E-state index in [0.29, 0.717) is 0 Å². The normalized spacial score (nSPS) is 10.7. The molecule has 3 N–H and O–H groups in total. The molecule has 5 nitrogen and oxygen atoms in total. The Kier molecular flexibility index (Phi) is 4.99. The number of benzene rings is 1. The standard InChI is InChI=1S/C12H12F2N2O3/c1-18-9-4-2-7(6-10(9)19-12(13)14)8(15)3-5-11(16)17/h2-6,12,15H,1H3,(H2,16,17)/b5-3-,15-8?. The van der Waals surface area contributed by atoms with Gasteiger partial charge in [0.25, 0.3) is 0 Å². The predicted octanol–water partition coefficient (Wildman–Crippen LogP) is 1.71. The third-order valence-corrected chi connectivity index (χ3v) is 2.10. The molecule has 0 atom stereocenters. The summed E-state index contributed by atoms with van der Waals surface area (Å²) in [7, 11) is 1.31. The Morgan fingerprint density at radius 3 is 2.58 bits per heavy atom. The van der Waals surface area contributed by atoms with Gasteiger partial charge in [0.05, 0.1) is 12.8 Å². The summed E-state index contributed by atoms with van der Waals surface area (Å²) in [4.78, 5) is 10.5. The molecule has 0 aromatic heterocycles. The zero-order valence-corrected chi connectivity index (χ0v) is 10.0. The molecule has 0 aliphatic carbocycles. The van der Waals surface area contributed by atoms with Gasteiger partial charge in [0.15, 0.2) is 11.5 Å². The van der Waals surface area contributed by atoms with E-state index in [2.05, 4.69) is 4.74 Å². The van der Waals surface area contributed by atoms with Crippen molar-refractivity contribution in [1.29, 1.82) is 5.41 Å². The Balaban J connectivity index is 3.03. The molecule has 1 aromatic rings. The number of carbonyl (C=O) groups is 1. The fourth-order valence-electron chi connectivity index (χ4n) is 1.29. The first-order valence-corrected chi connectivity index (χ1v) is 5.13. The molecule has 0 heterocycles. The minimum Gasteiger partial charge on any atom is -0.493 e. The highest BCUT2D eigenvalue weighted by Crippen LogP contribution is 2.29. The fourth-order valence-corrected chi connectivity index (χ4v) is 1.29. The molecule has 7 heteroatoms. The van der Waals surface area contributed by atoms with Gasteiger partial charge in [0.1, 0.15) is 0 Å². The van der Waals surface area contributed by atoms with Crippen LogP contribution in [0.2, 0.25) is 0 Å². The van der Waals surface area contributed by atoms with Crippen LogP contribution in [0.3, 0.4) is 0 Å². The van der Waals surface area contributed by atoms with Gasteiger partial charge in [-0.3, -0.25) is 4.79 Å². The number of hydrogen-bond donors (Lipinski definition) is 2.